The number of hydrogen-bond donors (Lipinski definition) is 1. The lowest BCUT2D eigenvalue weighted by Crippen LogP contribution is -2.42. The average molecular weight is 353 g/mol. The van der Waals surface area contributed by atoms with Crippen LogP contribution in [-0.2, 0) is 0 Å². The number of benzene rings is 1. The van der Waals surface area contributed by atoms with Crippen molar-refractivity contribution in [1.29, 1.82) is 0 Å². The van der Waals surface area contributed by atoms with Crippen molar-refractivity contribution in [3.05, 3.63) is 36.0 Å². The van der Waals surface area contributed by atoms with E-state index < -0.39 is 12.1 Å². The zero-order valence-corrected chi connectivity index (χ0v) is 13.6. The topological polar surface area (TPSA) is 58.2 Å². The lowest BCUT2D eigenvalue weighted by molar-refractivity contribution is -0.183. The van der Waals surface area contributed by atoms with Gasteiger partial charge in [0.25, 0.3) is 5.91 Å². The highest BCUT2D eigenvalue weighted by Gasteiger charge is 2.41. The molecular weight excluding hydrogens is 335 g/mol. The van der Waals surface area contributed by atoms with Crippen LogP contribution in [0.1, 0.15) is 23.3 Å². The van der Waals surface area contributed by atoms with E-state index in [4.69, 9.17) is 4.74 Å². The summed E-state index contributed by atoms with van der Waals surface area (Å²) in [5, 5.41) is 6.80. The Bertz CT molecular complexity index is 732. The molecule has 2 aromatic rings. The molecule has 1 amide bonds. The minimum atomic E-state index is -4.19. The minimum Gasteiger partial charge on any atom is -0.497 e. The van der Waals surface area contributed by atoms with Crippen molar-refractivity contribution < 1.29 is 22.7 Å². The number of nitrogens with zero attached hydrogens (tertiary/aromatic N) is 2. The predicted molar refractivity (Wildman–Crippen MR) is 85.3 cm³/mol. The molecule has 1 fully saturated rings. The smallest absolute Gasteiger partial charge is 0.391 e. The van der Waals surface area contributed by atoms with Crippen molar-refractivity contribution in [2.24, 2.45) is 5.92 Å². The number of likely N-dealkylation sites (tertiary alicyclic amines) is 1. The summed E-state index contributed by atoms with van der Waals surface area (Å²) >= 11 is 0. The van der Waals surface area contributed by atoms with Crippen molar-refractivity contribution >= 4 is 5.91 Å². The Morgan fingerprint density at radius 1 is 1.24 bits per heavy atom. The Labute approximate surface area is 142 Å². The number of H-pyrrole nitrogens is 1. The maximum Gasteiger partial charge on any atom is 0.391 e. The van der Waals surface area contributed by atoms with Gasteiger partial charge in [-0.25, -0.2) is 0 Å². The number of hydrogen-bond acceptors (Lipinski definition) is 3. The van der Waals surface area contributed by atoms with Crippen LogP contribution >= 0.6 is 0 Å². The molecule has 1 N–H and O–H groups in total. The second-order valence-electron chi connectivity index (χ2n) is 6.00. The monoisotopic (exact) mass is 353 g/mol. The normalized spacial score (nSPS) is 16.1. The van der Waals surface area contributed by atoms with Crippen molar-refractivity contribution in [2.45, 2.75) is 19.0 Å². The van der Waals surface area contributed by atoms with Crippen LogP contribution in [0.25, 0.3) is 11.3 Å². The molecule has 3 rings (SSSR count). The summed E-state index contributed by atoms with van der Waals surface area (Å²) < 4.78 is 43.2. The van der Waals surface area contributed by atoms with Gasteiger partial charge in [-0.1, -0.05) is 0 Å². The minimum absolute atomic E-state index is 0.0608. The van der Waals surface area contributed by atoms with Gasteiger partial charge in [-0.05, 0) is 43.2 Å². The van der Waals surface area contributed by atoms with Gasteiger partial charge in [0, 0.05) is 18.7 Å². The van der Waals surface area contributed by atoms with Crippen LogP contribution in [-0.4, -0.2) is 47.4 Å². The number of aromatic amines is 1. The van der Waals surface area contributed by atoms with E-state index in [1.165, 1.54) is 4.90 Å². The highest BCUT2D eigenvalue weighted by molar-refractivity contribution is 5.93. The second kappa shape index (κ2) is 6.78. The number of piperidine rings is 1. The summed E-state index contributed by atoms with van der Waals surface area (Å²) in [5.74, 6) is -0.941. The molecule has 134 valence electrons. The molecule has 0 atom stereocenters. The summed E-state index contributed by atoms with van der Waals surface area (Å²) in [6, 6.07) is 8.82. The highest BCUT2D eigenvalue weighted by atomic mass is 19.4. The zero-order valence-electron chi connectivity index (χ0n) is 13.6. The van der Waals surface area contributed by atoms with Gasteiger partial charge in [0.05, 0.1) is 18.7 Å². The largest absolute Gasteiger partial charge is 0.497 e. The van der Waals surface area contributed by atoms with Crippen molar-refractivity contribution in [3.8, 4) is 17.0 Å². The van der Waals surface area contributed by atoms with E-state index in [1.807, 2.05) is 12.1 Å². The van der Waals surface area contributed by atoms with Crippen LogP contribution in [0.15, 0.2) is 30.3 Å². The lowest BCUT2D eigenvalue weighted by atomic mass is 9.96. The Kier molecular flexibility index (Phi) is 4.69. The Morgan fingerprint density at radius 3 is 2.44 bits per heavy atom. The predicted octanol–water partition coefficient (Wildman–Crippen LogP) is 3.50. The third-order valence-corrected chi connectivity index (χ3v) is 4.44. The van der Waals surface area contributed by atoms with Gasteiger partial charge in [0.2, 0.25) is 0 Å². The van der Waals surface area contributed by atoms with Crippen molar-refractivity contribution in [1.82, 2.24) is 15.1 Å². The molecule has 25 heavy (non-hydrogen) atoms. The first kappa shape index (κ1) is 17.3. The number of halogens is 3. The Balaban J connectivity index is 1.67. The molecule has 0 saturated carbocycles. The molecule has 1 aromatic carbocycles. The van der Waals surface area contributed by atoms with E-state index in [2.05, 4.69) is 10.2 Å². The standard InChI is InChI=1S/C17H18F3N3O2/c1-25-13-4-2-11(3-5-13)14-10-15(22-21-14)16(24)23-8-6-12(7-9-23)17(18,19)20/h2-5,10,12H,6-9H2,1H3,(H,21,22). The number of aromatic nitrogens is 2. The zero-order chi connectivity index (χ0) is 18.0. The number of ether oxygens (including phenoxy) is 1. The van der Waals surface area contributed by atoms with Gasteiger partial charge in [-0.2, -0.15) is 18.3 Å². The summed E-state index contributed by atoms with van der Waals surface area (Å²) in [6.07, 6.45) is -4.31. The van der Waals surface area contributed by atoms with Gasteiger partial charge < -0.3 is 9.64 Å². The molecular formula is C17H18F3N3O2. The Hall–Kier alpha value is -2.51. The third kappa shape index (κ3) is 3.78. The molecule has 0 unspecified atom stereocenters. The fourth-order valence-electron chi connectivity index (χ4n) is 2.92. The summed E-state index contributed by atoms with van der Waals surface area (Å²) in [6.45, 7) is 0.194. The molecule has 5 nitrogen and oxygen atoms in total. The number of methoxy groups -OCH3 is 1. The molecule has 1 aliphatic rings. The fourth-order valence-corrected chi connectivity index (χ4v) is 2.92. The number of alkyl halides is 3. The van der Waals surface area contributed by atoms with Gasteiger partial charge in [-0.15, -0.1) is 0 Å². The first-order chi connectivity index (χ1) is 11.9. The van der Waals surface area contributed by atoms with E-state index in [-0.39, 0.29) is 37.5 Å². The molecule has 0 aliphatic carbocycles. The highest BCUT2D eigenvalue weighted by Crippen LogP contribution is 2.34. The SMILES string of the molecule is COc1ccc(-c2cc(C(=O)N3CCC(C(F)(F)F)CC3)[nH]n2)cc1. The molecule has 8 heteroatoms. The molecule has 0 spiro atoms. The molecule has 0 bridgehead atoms. The van der Waals surface area contributed by atoms with E-state index in [9.17, 15) is 18.0 Å². The van der Waals surface area contributed by atoms with Crippen LogP contribution in [0.3, 0.4) is 0 Å². The van der Waals surface area contributed by atoms with E-state index in [0.717, 1.165) is 5.56 Å². The first-order valence-electron chi connectivity index (χ1n) is 7.94. The van der Waals surface area contributed by atoms with E-state index >= 15 is 0 Å². The number of rotatable bonds is 3. The van der Waals surface area contributed by atoms with E-state index in [0.29, 0.717) is 11.4 Å². The van der Waals surface area contributed by atoms with Crippen molar-refractivity contribution in [2.75, 3.05) is 20.2 Å². The number of amides is 1. The molecule has 1 saturated heterocycles. The van der Waals surface area contributed by atoms with Gasteiger partial charge >= 0.3 is 6.18 Å². The van der Waals surface area contributed by atoms with E-state index in [1.54, 1.807) is 25.3 Å². The van der Waals surface area contributed by atoms with Crippen LogP contribution in [0.4, 0.5) is 13.2 Å². The van der Waals surface area contributed by atoms with Crippen molar-refractivity contribution in [3.63, 3.8) is 0 Å². The number of carbonyl (C=O) groups is 1. The maximum atomic E-state index is 12.7. The molecule has 1 aromatic heterocycles. The average Bonchev–Trinajstić information content (AvgIpc) is 3.10. The lowest BCUT2D eigenvalue weighted by Gasteiger charge is -2.32. The number of nitrogens with one attached hydrogen (secondary N) is 1. The molecule has 1 aliphatic heterocycles. The third-order valence-electron chi connectivity index (χ3n) is 4.44. The fraction of sp³-hybridized carbons (Fsp3) is 0.412. The van der Waals surface area contributed by atoms with Crippen LogP contribution in [0, 0.1) is 5.92 Å². The van der Waals surface area contributed by atoms with Gasteiger partial charge in [-0.3, -0.25) is 9.89 Å². The van der Waals surface area contributed by atoms with Crippen LogP contribution < -0.4 is 4.74 Å². The quantitative estimate of drug-likeness (QED) is 0.919. The van der Waals surface area contributed by atoms with Gasteiger partial charge in [0.15, 0.2) is 0 Å². The summed E-state index contributed by atoms with van der Waals surface area (Å²) in [4.78, 5) is 13.9. The Morgan fingerprint density at radius 2 is 1.88 bits per heavy atom. The summed E-state index contributed by atoms with van der Waals surface area (Å²) in [5.41, 5.74) is 1.68. The van der Waals surface area contributed by atoms with Crippen LogP contribution in [0.5, 0.6) is 5.75 Å². The number of carbonyl (C=O) groups excluding carboxylic acids is 1. The second-order valence-corrected chi connectivity index (χ2v) is 6.00. The summed E-state index contributed by atoms with van der Waals surface area (Å²) in [7, 11) is 1.57. The van der Waals surface area contributed by atoms with Gasteiger partial charge in [0.1, 0.15) is 11.4 Å². The first-order valence-corrected chi connectivity index (χ1v) is 7.94. The van der Waals surface area contributed by atoms with Crippen LogP contribution in [0.2, 0.25) is 0 Å². The molecule has 0 radical (unpaired) electrons. The maximum absolute atomic E-state index is 12.7. The molecule has 2 heterocycles.